The molecule has 0 spiro atoms. The zero-order valence-electron chi connectivity index (χ0n) is 15.6. The molecule has 0 saturated heterocycles. The zero-order valence-corrected chi connectivity index (χ0v) is 15.6. The van der Waals surface area contributed by atoms with Gasteiger partial charge >= 0.3 is 11.9 Å². The number of esters is 2. The zero-order chi connectivity index (χ0) is 21.8. The first-order valence-corrected chi connectivity index (χ1v) is 8.42. The van der Waals surface area contributed by atoms with Crippen molar-refractivity contribution in [1.29, 1.82) is 5.26 Å². The molecule has 0 fully saturated rings. The molecule has 0 atom stereocenters. The van der Waals surface area contributed by atoms with Crippen molar-refractivity contribution in [2.24, 2.45) is 0 Å². The number of carbonyl (C=O) groups excluding carboxylic acids is 2. The van der Waals surface area contributed by atoms with Crippen LogP contribution >= 0.6 is 0 Å². The van der Waals surface area contributed by atoms with Gasteiger partial charge in [-0.1, -0.05) is 12.1 Å². The first-order valence-electron chi connectivity index (χ1n) is 8.42. The summed E-state index contributed by atoms with van der Waals surface area (Å²) in [5.74, 6) is -1.47. The fourth-order valence-electron chi connectivity index (χ4n) is 2.76. The number of carbonyl (C=O) groups is 2. The van der Waals surface area contributed by atoms with Crippen LogP contribution in [-0.4, -0.2) is 28.5 Å². The van der Waals surface area contributed by atoms with Crippen LogP contribution in [0.5, 0.6) is 5.75 Å². The predicted molar refractivity (Wildman–Crippen MR) is 104 cm³/mol. The summed E-state index contributed by atoms with van der Waals surface area (Å²) in [6, 6.07) is 13.1. The molecule has 0 aliphatic heterocycles. The second-order valence-electron chi connectivity index (χ2n) is 5.94. The van der Waals surface area contributed by atoms with Gasteiger partial charge in [-0.3, -0.25) is 10.1 Å². The van der Waals surface area contributed by atoms with Crippen molar-refractivity contribution in [3.8, 4) is 17.5 Å². The molecule has 10 heteroatoms. The van der Waals surface area contributed by atoms with Gasteiger partial charge in [0.05, 0.1) is 34.5 Å². The van der Waals surface area contributed by atoms with Crippen LogP contribution in [0, 0.1) is 21.4 Å². The Kier molecular flexibility index (Phi) is 5.46. The Morgan fingerprint density at radius 1 is 1.13 bits per heavy atom. The molecule has 2 aromatic carbocycles. The molecule has 3 aromatic rings. The number of nitro groups is 1. The van der Waals surface area contributed by atoms with Crippen molar-refractivity contribution < 1.29 is 24.0 Å². The van der Waals surface area contributed by atoms with Crippen molar-refractivity contribution in [3.05, 3.63) is 81.7 Å². The fourth-order valence-corrected chi connectivity index (χ4v) is 2.76. The number of rotatable bonds is 5. The summed E-state index contributed by atoms with van der Waals surface area (Å²) in [5.41, 5.74) is 5.91. The molecule has 2 N–H and O–H groups in total. The van der Waals surface area contributed by atoms with Crippen LogP contribution in [0.25, 0.3) is 5.69 Å². The Hall–Kier alpha value is -4.65. The quantitative estimate of drug-likeness (QED) is 0.294. The van der Waals surface area contributed by atoms with Gasteiger partial charge < -0.3 is 19.8 Å². The topological polar surface area (TPSA) is 150 Å². The number of anilines is 1. The number of nitro benzene ring substituents is 1. The maximum Gasteiger partial charge on any atom is 0.357 e. The summed E-state index contributed by atoms with van der Waals surface area (Å²) in [6.07, 6.45) is 1.32. The van der Waals surface area contributed by atoms with Gasteiger partial charge in [-0.25, -0.2) is 9.59 Å². The Morgan fingerprint density at radius 2 is 1.80 bits per heavy atom. The van der Waals surface area contributed by atoms with Gasteiger partial charge in [0.1, 0.15) is 11.8 Å². The van der Waals surface area contributed by atoms with Crippen molar-refractivity contribution in [1.82, 2.24) is 4.57 Å². The molecule has 3 rings (SSSR count). The number of ether oxygens (including phenoxy) is 2. The van der Waals surface area contributed by atoms with Gasteiger partial charge in [0.2, 0.25) is 0 Å². The number of nitrogens with two attached hydrogens (primary N) is 1. The lowest BCUT2D eigenvalue weighted by Crippen LogP contribution is -2.16. The fraction of sp³-hybridized carbons (Fsp3) is 0.0500. The van der Waals surface area contributed by atoms with Crippen LogP contribution in [0.3, 0.4) is 0 Å². The van der Waals surface area contributed by atoms with Gasteiger partial charge in [-0.2, -0.15) is 5.26 Å². The van der Waals surface area contributed by atoms with Gasteiger partial charge in [0.15, 0.2) is 5.69 Å². The van der Waals surface area contributed by atoms with E-state index in [9.17, 15) is 25.0 Å². The van der Waals surface area contributed by atoms with Crippen LogP contribution < -0.4 is 10.5 Å². The molecule has 150 valence electrons. The summed E-state index contributed by atoms with van der Waals surface area (Å²) in [4.78, 5) is 35.1. The van der Waals surface area contributed by atoms with E-state index in [1.807, 2.05) is 6.07 Å². The van der Waals surface area contributed by atoms with E-state index in [2.05, 4.69) is 0 Å². The number of methoxy groups -OCH3 is 1. The van der Waals surface area contributed by atoms with E-state index in [1.54, 1.807) is 18.2 Å². The highest BCUT2D eigenvalue weighted by molar-refractivity contribution is 5.99. The molecular weight excluding hydrogens is 392 g/mol. The minimum absolute atomic E-state index is 0.0361. The highest BCUT2D eigenvalue weighted by Gasteiger charge is 2.25. The number of non-ortho nitro benzene ring substituents is 1. The Balaban J connectivity index is 2.03. The number of hydrogen-bond acceptors (Lipinski definition) is 8. The Bertz CT molecular complexity index is 1190. The first kappa shape index (κ1) is 20.1. The molecule has 0 amide bonds. The maximum absolute atomic E-state index is 12.8. The molecule has 0 aliphatic carbocycles. The number of nitrogens with zero attached hydrogens (tertiary/aromatic N) is 3. The van der Waals surface area contributed by atoms with E-state index in [0.29, 0.717) is 0 Å². The third-order valence-electron chi connectivity index (χ3n) is 4.19. The van der Waals surface area contributed by atoms with Crippen LogP contribution in [0.1, 0.15) is 26.4 Å². The smallest absolute Gasteiger partial charge is 0.357 e. The van der Waals surface area contributed by atoms with E-state index < -0.39 is 16.9 Å². The van der Waals surface area contributed by atoms with Crippen molar-refractivity contribution in [2.45, 2.75) is 0 Å². The number of benzene rings is 2. The summed E-state index contributed by atoms with van der Waals surface area (Å²) >= 11 is 0. The minimum atomic E-state index is -0.785. The minimum Gasteiger partial charge on any atom is -0.464 e. The molecule has 0 saturated carbocycles. The second-order valence-corrected chi connectivity index (χ2v) is 5.94. The Morgan fingerprint density at radius 3 is 2.40 bits per heavy atom. The molecule has 0 bridgehead atoms. The number of para-hydroxylation sites is 1. The van der Waals surface area contributed by atoms with E-state index in [1.165, 1.54) is 48.2 Å². The van der Waals surface area contributed by atoms with Crippen molar-refractivity contribution >= 4 is 23.3 Å². The van der Waals surface area contributed by atoms with E-state index in [4.69, 9.17) is 15.2 Å². The summed E-state index contributed by atoms with van der Waals surface area (Å²) in [7, 11) is 1.17. The normalized spacial score (nSPS) is 10.1. The second kappa shape index (κ2) is 8.15. The summed E-state index contributed by atoms with van der Waals surface area (Å²) in [5, 5.41) is 20.0. The monoisotopic (exact) mass is 406 g/mol. The number of nitriles is 1. The lowest BCUT2D eigenvalue weighted by atomic mass is 10.1. The lowest BCUT2D eigenvalue weighted by Gasteiger charge is -2.13. The van der Waals surface area contributed by atoms with Crippen molar-refractivity contribution in [3.63, 3.8) is 0 Å². The Labute approximate surface area is 169 Å². The first-order chi connectivity index (χ1) is 14.4. The summed E-state index contributed by atoms with van der Waals surface area (Å²) in [6.45, 7) is 0. The average Bonchev–Trinajstić information content (AvgIpc) is 3.09. The molecule has 10 nitrogen and oxygen atoms in total. The van der Waals surface area contributed by atoms with Crippen LogP contribution in [0.15, 0.2) is 54.7 Å². The highest BCUT2D eigenvalue weighted by atomic mass is 16.6. The molecule has 30 heavy (non-hydrogen) atoms. The lowest BCUT2D eigenvalue weighted by molar-refractivity contribution is -0.384. The molecular formula is C20H14N4O6. The molecule has 0 aliphatic rings. The van der Waals surface area contributed by atoms with Gasteiger partial charge in [-0.05, 0) is 24.3 Å². The van der Waals surface area contributed by atoms with Crippen molar-refractivity contribution in [2.75, 3.05) is 12.8 Å². The number of nitrogen functional groups attached to an aromatic ring is 1. The van der Waals surface area contributed by atoms with Gasteiger partial charge in [0.25, 0.3) is 5.69 Å². The predicted octanol–water partition coefficient (Wildman–Crippen LogP) is 2.85. The van der Waals surface area contributed by atoms with E-state index in [0.717, 1.165) is 0 Å². The number of aromatic nitrogens is 1. The summed E-state index contributed by atoms with van der Waals surface area (Å²) < 4.78 is 11.3. The SMILES string of the molecule is COC(=O)c1c(N)c(C#N)cn1-c1ccccc1C(=O)Oc1ccc([N+](=O)[O-])cc1. The third kappa shape index (κ3) is 3.67. The third-order valence-corrected chi connectivity index (χ3v) is 4.19. The molecule has 1 heterocycles. The largest absolute Gasteiger partial charge is 0.464 e. The van der Waals surface area contributed by atoms with E-state index >= 15 is 0 Å². The standard InChI is InChI=1S/C20H14N4O6/c1-29-20(26)18-17(22)12(10-21)11-23(18)16-5-3-2-4-15(16)19(25)30-14-8-6-13(7-9-14)24(27)28/h2-9,11H,22H2,1H3. The molecule has 1 aromatic heterocycles. The highest BCUT2D eigenvalue weighted by Crippen LogP contribution is 2.27. The number of hydrogen-bond donors (Lipinski definition) is 1. The van der Waals surface area contributed by atoms with Gasteiger partial charge in [-0.15, -0.1) is 0 Å². The van der Waals surface area contributed by atoms with Gasteiger partial charge in [0, 0.05) is 18.3 Å². The van der Waals surface area contributed by atoms with Crippen LogP contribution in [0.4, 0.5) is 11.4 Å². The van der Waals surface area contributed by atoms with E-state index in [-0.39, 0.29) is 39.6 Å². The van der Waals surface area contributed by atoms with Crippen LogP contribution in [0.2, 0.25) is 0 Å². The maximum atomic E-state index is 12.8. The molecule has 0 unspecified atom stereocenters. The molecule has 0 radical (unpaired) electrons. The van der Waals surface area contributed by atoms with Crippen LogP contribution in [-0.2, 0) is 4.74 Å². The average molecular weight is 406 g/mol.